The number of benzene rings is 2. The maximum atomic E-state index is 13.3. The first kappa shape index (κ1) is 21.3. The molecule has 0 bridgehead atoms. The first-order valence-electron chi connectivity index (χ1n) is 10.3. The SMILES string of the molecule is Cc1c(Cl)cccc1NC(=O)Cn1c(C)nc2c(sc3nc(-c4ccccc4)ccc32)c1=O. The molecular formula is C25H19ClN4O2S. The van der Waals surface area contributed by atoms with Gasteiger partial charge in [-0.25, -0.2) is 9.97 Å². The van der Waals surface area contributed by atoms with Crippen LogP contribution in [0.15, 0.2) is 65.5 Å². The zero-order valence-corrected chi connectivity index (χ0v) is 19.5. The number of amides is 1. The molecule has 2 aromatic carbocycles. The number of halogens is 1. The van der Waals surface area contributed by atoms with E-state index in [9.17, 15) is 9.59 Å². The van der Waals surface area contributed by atoms with Gasteiger partial charge in [0.2, 0.25) is 5.91 Å². The van der Waals surface area contributed by atoms with E-state index in [0.29, 0.717) is 26.8 Å². The van der Waals surface area contributed by atoms with Crippen LogP contribution in [0.2, 0.25) is 5.02 Å². The lowest BCUT2D eigenvalue weighted by Gasteiger charge is -2.12. The maximum absolute atomic E-state index is 13.3. The van der Waals surface area contributed by atoms with Gasteiger partial charge in [-0.2, -0.15) is 0 Å². The third-order valence-electron chi connectivity index (χ3n) is 5.55. The van der Waals surface area contributed by atoms with Crippen LogP contribution >= 0.6 is 22.9 Å². The Bertz CT molecular complexity index is 1590. The minimum absolute atomic E-state index is 0.142. The Morgan fingerprint density at radius 2 is 1.82 bits per heavy atom. The molecular weight excluding hydrogens is 456 g/mol. The fraction of sp³-hybridized carbons (Fsp3) is 0.120. The average Bonchev–Trinajstić information content (AvgIpc) is 3.18. The van der Waals surface area contributed by atoms with Crippen LogP contribution in [0.3, 0.4) is 0 Å². The molecule has 8 heteroatoms. The number of carbonyl (C=O) groups excluding carboxylic acids is 1. The summed E-state index contributed by atoms with van der Waals surface area (Å²) < 4.78 is 1.88. The molecule has 0 unspecified atom stereocenters. The molecule has 0 radical (unpaired) electrons. The summed E-state index contributed by atoms with van der Waals surface area (Å²) in [5, 5.41) is 4.24. The third-order valence-corrected chi connectivity index (χ3v) is 7.03. The minimum atomic E-state index is -0.322. The smallest absolute Gasteiger partial charge is 0.272 e. The summed E-state index contributed by atoms with van der Waals surface area (Å²) in [5.41, 5.74) is 3.60. The monoisotopic (exact) mass is 474 g/mol. The number of pyridine rings is 1. The van der Waals surface area contributed by atoms with E-state index < -0.39 is 0 Å². The predicted molar refractivity (Wildman–Crippen MR) is 134 cm³/mol. The van der Waals surface area contributed by atoms with Crippen molar-refractivity contribution in [1.29, 1.82) is 0 Å². The van der Waals surface area contributed by atoms with Crippen LogP contribution < -0.4 is 10.9 Å². The molecule has 6 nitrogen and oxygen atoms in total. The van der Waals surface area contributed by atoms with Crippen LogP contribution in [-0.4, -0.2) is 20.4 Å². The Balaban J connectivity index is 1.52. The number of nitrogens with one attached hydrogen (secondary N) is 1. The van der Waals surface area contributed by atoms with E-state index in [1.54, 1.807) is 25.1 Å². The second-order valence-corrected chi connectivity index (χ2v) is 9.11. The molecule has 0 aliphatic rings. The summed E-state index contributed by atoms with van der Waals surface area (Å²) >= 11 is 7.44. The van der Waals surface area contributed by atoms with Gasteiger partial charge in [-0.05, 0) is 43.7 Å². The van der Waals surface area contributed by atoms with Gasteiger partial charge in [0, 0.05) is 21.7 Å². The van der Waals surface area contributed by atoms with E-state index in [4.69, 9.17) is 16.6 Å². The predicted octanol–water partition coefficient (Wildman–Crippen LogP) is 5.58. The fourth-order valence-electron chi connectivity index (χ4n) is 3.75. The highest BCUT2D eigenvalue weighted by Crippen LogP contribution is 2.31. The van der Waals surface area contributed by atoms with Crippen LogP contribution in [0.25, 0.3) is 31.7 Å². The minimum Gasteiger partial charge on any atom is -0.324 e. The third kappa shape index (κ3) is 3.90. The van der Waals surface area contributed by atoms with E-state index >= 15 is 0 Å². The quantitative estimate of drug-likeness (QED) is 0.368. The Hall–Kier alpha value is -3.55. The van der Waals surface area contributed by atoms with Gasteiger partial charge < -0.3 is 5.32 Å². The first-order valence-corrected chi connectivity index (χ1v) is 11.5. The number of thiophene rings is 1. The molecule has 0 atom stereocenters. The van der Waals surface area contributed by atoms with Crippen molar-refractivity contribution in [2.45, 2.75) is 20.4 Å². The van der Waals surface area contributed by atoms with E-state index in [1.165, 1.54) is 15.9 Å². The molecule has 0 fully saturated rings. The average molecular weight is 475 g/mol. The van der Waals surface area contributed by atoms with E-state index in [-0.39, 0.29) is 18.0 Å². The standard InChI is InChI=1S/C25H19ClN4O2S/c1-14-18(26)9-6-10-19(14)28-21(31)13-30-15(2)27-22-17-11-12-20(16-7-4-3-5-8-16)29-24(17)33-23(22)25(30)32/h3-12H,13H2,1-2H3,(H,28,31). The largest absolute Gasteiger partial charge is 0.324 e. The molecule has 0 aliphatic carbocycles. The molecule has 3 aromatic heterocycles. The van der Waals surface area contributed by atoms with Crippen LogP contribution in [0.4, 0.5) is 5.69 Å². The lowest BCUT2D eigenvalue weighted by atomic mass is 10.1. The zero-order chi connectivity index (χ0) is 23.1. The van der Waals surface area contributed by atoms with Crippen molar-refractivity contribution in [3.05, 3.63) is 87.4 Å². The molecule has 3 heterocycles. The van der Waals surface area contributed by atoms with Gasteiger partial charge in [-0.3, -0.25) is 14.2 Å². The topological polar surface area (TPSA) is 76.9 Å². The lowest BCUT2D eigenvalue weighted by molar-refractivity contribution is -0.116. The summed E-state index contributed by atoms with van der Waals surface area (Å²) in [6, 6.07) is 19.1. The van der Waals surface area contributed by atoms with Gasteiger partial charge in [0.25, 0.3) is 5.56 Å². The lowest BCUT2D eigenvalue weighted by Crippen LogP contribution is -2.29. The molecule has 1 amide bonds. The molecule has 0 saturated carbocycles. The van der Waals surface area contributed by atoms with E-state index in [1.807, 2.05) is 49.4 Å². The molecule has 5 aromatic rings. The number of carbonyl (C=O) groups is 1. The highest BCUT2D eigenvalue weighted by Gasteiger charge is 2.17. The molecule has 0 aliphatic heterocycles. The number of aromatic nitrogens is 3. The number of rotatable bonds is 4. The molecule has 0 spiro atoms. The van der Waals surface area contributed by atoms with Gasteiger partial charge in [-0.1, -0.05) is 48.0 Å². The van der Waals surface area contributed by atoms with Crippen molar-refractivity contribution in [3.63, 3.8) is 0 Å². The second-order valence-electron chi connectivity index (χ2n) is 7.71. The number of fused-ring (bicyclic) bond motifs is 3. The summed E-state index contributed by atoms with van der Waals surface area (Å²) in [6.45, 7) is 3.42. The summed E-state index contributed by atoms with van der Waals surface area (Å²) in [4.78, 5) is 36.1. The number of hydrogen-bond acceptors (Lipinski definition) is 5. The fourth-order valence-corrected chi connectivity index (χ4v) is 4.98. The highest BCUT2D eigenvalue weighted by molar-refractivity contribution is 7.25. The molecule has 5 rings (SSSR count). The van der Waals surface area contributed by atoms with Crippen molar-refractivity contribution >= 4 is 55.0 Å². The van der Waals surface area contributed by atoms with Gasteiger partial charge >= 0.3 is 0 Å². The van der Waals surface area contributed by atoms with Crippen LogP contribution in [0.5, 0.6) is 0 Å². The van der Waals surface area contributed by atoms with E-state index in [0.717, 1.165) is 27.0 Å². The number of anilines is 1. The number of nitrogens with zero attached hydrogens (tertiary/aromatic N) is 3. The number of hydrogen-bond donors (Lipinski definition) is 1. The van der Waals surface area contributed by atoms with Crippen molar-refractivity contribution in [1.82, 2.24) is 14.5 Å². The molecule has 0 saturated heterocycles. The van der Waals surface area contributed by atoms with E-state index in [2.05, 4.69) is 10.3 Å². The van der Waals surface area contributed by atoms with Crippen LogP contribution in [-0.2, 0) is 11.3 Å². The van der Waals surface area contributed by atoms with Crippen molar-refractivity contribution in [2.75, 3.05) is 5.32 Å². The normalized spacial score (nSPS) is 11.2. The van der Waals surface area contributed by atoms with Crippen molar-refractivity contribution in [2.24, 2.45) is 0 Å². The van der Waals surface area contributed by atoms with Crippen LogP contribution in [0.1, 0.15) is 11.4 Å². The van der Waals surface area contributed by atoms with Gasteiger partial charge in [0.1, 0.15) is 21.9 Å². The Morgan fingerprint density at radius 1 is 1.03 bits per heavy atom. The summed E-state index contributed by atoms with van der Waals surface area (Å²) in [5.74, 6) is 0.148. The Morgan fingerprint density at radius 3 is 2.61 bits per heavy atom. The van der Waals surface area contributed by atoms with Gasteiger partial charge in [0.05, 0.1) is 11.2 Å². The zero-order valence-electron chi connectivity index (χ0n) is 17.9. The van der Waals surface area contributed by atoms with Gasteiger partial charge in [-0.15, -0.1) is 11.3 Å². The summed E-state index contributed by atoms with van der Waals surface area (Å²) in [7, 11) is 0. The second kappa shape index (κ2) is 8.42. The Kier molecular flexibility index (Phi) is 5.44. The van der Waals surface area contributed by atoms with Crippen molar-refractivity contribution in [3.8, 4) is 11.3 Å². The molecule has 33 heavy (non-hydrogen) atoms. The number of aryl methyl sites for hydroxylation is 1. The van der Waals surface area contributed by atoms with Crippen LogP contribution in [0, 0.1) is 13.8 Å². The van der Waals surface area contributed by atoms with Gasteiger partial charge in [0.15, 0.2) is 0 Å². The van der Waals surface area contributed by atoms with Crippen molar-refractivity contribution < 1.29 is 4.79 Å². The first-order chi connectivity index (χ1) is 15.9. The molecule has 1 N–H and O–H groups in total. The Labute approximate surface area is 198 Å². The molecule has 164 valence electrons. The maximum Gasteiger partial charge on any atom is 0.272 e. The highest BCUT2D eigenvalue weighted by atomic mass is 35.5. The summed E-state index contributed by atoms with van der Waals surface area (Å²) in [6.07, 6.45) is 0.